The van der Waals surface area contributed by atoms with Gasteiger partial charge in [0.2, 0.25) is 0 Å². The number of phenolic OH excluding ortho intramolecular Hbond substituents is 1. The highest BCUT2D eigenvalue weighted by Gasteiger charge is 2.25. The van der Waals surface area contributed by atoms with Crippen LogP contribution < -0.4 is 26.0 Å². The largest absolute Gasteiger partial charge is 0.507 e. The number of nitrogens with one attached hydrogen (secondary N) is 4. The quantitative estimate of drug-likeness (QED) is 0.0478. The zero-order valence-corrected chi connectivity index (χ0v) is 46.3. The summed E-state index contributed by atoms with van der Waals surface area (Å²) in [6, 6.07) is 32.2. The topological polar surface area (TPSA) is 199 Å². The Morgan fingerprint density at radius 1 is 0.544 bits per heavy atom. The Morgan fingerprint density at radius 2 is 0.962 bits per heavy atom. The predicted octanol–water partition coefficient (Wildman–Crippen LogP) is 10.5. The maximum Gasteiger partial charge on any atom is 0.255 e. The maximum atomic E-state index is 13.6. The molecule has 0 spiro atoms. The molecule has 6 N–H and O–H groups in total. The van der Waals surface area contributed by atoms with Crippen LogP contribution in [-0.4, -0.2) is 125 Å². The summed E-state index contributed by atoms with van der Waals surface area (Å²) in [6.45, 7) is 11.4. The van der Waals surface area contributed by atoms with Gasteiger partial charge in [-0.25, -0.2) is 8.78 Å². The molecule has 2 aromatic heterocycles. The van der Waals surface area contributed by atoms with Gasteiger partial charge in [-0.1, -0.05) is 39.8 Å². The molecule has 79 heavy (non-hydrogen) atoms. The van der Waals surface area contributed by atoms with E-state index >= 15 is 0 Å². The summed E-state index contributed by atoms with van der Waals surface area (Å²) in [5.41, 5.74) is 6.25. The van der Waals surface area contributed by atoms with Crippen LogP contribution in [0.15, 0.2) is 130 Å². The number of halogens is 2. The molecular formula is C62H70F2N6O9. The van der Waals surface area contributed by atoms with Gasteiger partial charge in [0.1, 0.15) is 52.4 Å². The molecule has 8 aromatic rings. The average molecular weight is 1080 g/mol. The first-order chi connectivity index (χ1) is 37.7. The zero-order valence-electron chi connectivity index (χ0n) is 46.3. The molecular weight excluding hydrogens is 1010 g/mol. The minimum atomic E-state index is -0.392. The second kappa shape index (κ2) is 27.8. The van der Waals surface area contributed by atoms with Gasteiger partial charge in [-0.05, 0) is 160 Å². The molecule has 0 aliphatic heterocycles. The van der Waals surface area contributed by atoms with Crippen LogP contribution in [0.5, 0.6) is 11.5 Å². The number of aliphatic hydroxyl groups is 1. The molecule has 0 saturated heterocycles. The van der Waals surface area contributed by atoms with E-state index in [9.17, 15) is 33.1 Å². The van der Waals surface area contributed by atoms with Crippen LogP contribution in [0.1, 0.15) is 69.1 Å². The Bertz CT molecular complexity index is 3390. The first kappa shape index (κ1) is 59.9. The lowest BCUT2D eigenvalue weighted by Crippen LogP contribution is -2.27. The first-order valence-corrected chi connectivity index (χ1v) is 25.9. The second-order valence-corrected chi connectivity index (χ2v) is 20.0. The van der Waals surface area contributed by atoms with Crippen molar-refractivity contribution in [2.45, 2.75) is 27.7 Å². The number of ether oxygens (including phenoxy) is 1. The normalized spacial score (nSPS) is 11.1. The molecule has 0 bridgehead atoms. The number of nitrogens with zero attached hydrogens (tertiary/aromatic N) is 2. The molecule has 15 nitrogen and oxygen atoms in total. The van der Waals surface area contributed by atoms with Gasteiger partial charge in [-0.2, -0.15) is 0 Å². The number of amides is 4. The van der Waals surface area contributed by atoms with E-state index in [1.807, 2.05) is 83.9 Å². The fourth-order valence-corrected chi connectivity index (χ4v) is 8.11. The summed E-state index contributed by atoms with van der Waals surface area (Å²) >= 11 is 0. The molecule has 0 fully saturated rings. The third-order valence-electron chi connectivity index (χ3n) is 12.3. The summed E-state index contributed by atoms with van der Waals surface area (Å²) in [5, 5.41) is 31.0. The summed E-state index contributed by atoms with van der Waals surface area (Å²) in [7, 11) is 10.9. The van der Waals surface area contributed by atoms with E-state index in [2.05, 4.69) is 21.3 Å². The van der Waals surface area contributed by atoms with Crippen molar-refractivity contribution in [2.24, 2.45) is 11.8 Å². The zero-order chi connectivity index (χ0) is 57.5. The third-order valence-corrected chi connectivity index (χ3v) is 12.3. The Hall–Kier alpha value is -8.38. The van der Waals surface area contributed by atoms with Crippen molar-refractivity contribution in [3.8, 4) is 56.4 Å². The Balaban J connectivity index is 0.000000233. The highest BCUT2D eigenvalue weighted by Crippen LogP contribution is 2.40. The van der Waals surface area contributed by atoms with E-state index in [-0.39, 0.29) is 41.8 Å². The van der Waals surface area contributed by atoms with Crippen LogP contribution >= 0.6 is 0 Å². The molecule has 2 heterocycles. The van der Waals surface area contributed by atoms with Crippen LogP contribution in [0, 0.1) is 23.5 Å². The first-order valence-electron chi connectivity index (χ1n) is 25.9. The minimum Gasteiger partial charge on any atom is -0.507 e. The molecule has 17 heteroatoms. The third kappa shape index (κ3) is 15.7. The molecule has 0 saturated carbocycles. The van der Waals surface area contributed by atoms with Crippen molar-refractivity contribution in [2.75, 3.05) is 81.7 Å². The SMILES string of the molecule is CN(C)CCO.CNC(=O)c1c(-c2ccc(F)cc2)oc2ccc(-c3cc(C(=O)NCC(C)C)ccc3O)cc12.CNC(=O)c1c(-c2ccc(F)cc2)oc2ccc(-c3cc(C(=O)NCC(C)C)ccc3OCCN(C)C)cc12. The second-order valence-electron chi connectivity index (χ2n) is 20.0. The Morgan fingerprint density at radius 3 is 1.37 bits per heavy atom. The summed E-state index contributed by atoms with van der Waals surface area (Å²) in [6.07, 6.45) is 0. The Labute approximate surface area is 459 Å². The van der Waals surface area contributed by atoms with Gasteiger partial charge in [0.05, 0.1) is 17.7 Å². The number of benzene rings is 6. The van der Waals surface area contributed by atoms with Crippen molar-refractivity contribution in [3.63, 3.8) is 0 Å². The smallest absolute Gasteiger partial charge is 0.255 e. The number of likely N-dealkylation sites (N-methyl/N-ethyl adjacent to an activating group) is 2. The number of carbonyl (C=O) groups is 4. The van der Waals surface area contributed by atoms with E-state index in [0.717, 1.165) is 24.2 Å². The van der Waals surface area contributed by atoms with Gasteiger partial charge < -0.3 is 54.9 Å². The molecule has 0 atom stereocenters. The van der Waals surface area contributed by atoms with Gasteiger partial charge in [0, 0.05) is 84.4 Å². The molecule has 0 unspecified atom stereocenters. The molecule has 416 valence electrons. The molecule has 0 aliphatic carbocycles. The lowest BCUT2D eigenvalue weighted by atomic mass is 9.98. The molecule has 0 aliphatic rings. The van der Waals surface area contributed by atoms with E-state index in [4.69, 9.17) is 18.7 Å². The standard InChI is InChI=1S/C31H34FN3O4.C27H25FN2O4.C4H11NO/c1-19(2)18-34-30(36)22-9-12-26(38-15-14-35(4)5)24(17-22)21-8-13-27-25(16-21)28(31(37)33-3)29(39-27)20-6-10-23(32)11-7-20;1-15(2)14-30-26(32)18-6-10-22(31)20(13-18)17-7-11-23-21(12-17)24(27(33)29-3)25(34-23)16-4-8-19(28)9-5-16;1-5(2)3-4-6/h6-13,16-17,19H,14-15,18H2,1-5H3,(H,33,37)(H,34,36);4-13,15,31H,14H2,1-3H3,(H,29,33)(H,30,32);6H,3-4H2,1-2H3. The number of rotatable bonds is 18. The van der Waals surface area contributed by atoms with Crippen molar-refractivity contribution in [3.05, 3.63) is 155 Å². The van der Waals surface area contributed by atoms with E-state index in [1.54, 1.807) is 79.8 Å². The number of aromatic hydroxyl groups is 1. The van der Waals surface area contributed by atoms with Gasteiger partial charge in [-0.3, -0.25) is 19.2 Å². The molecule has 4 amide bonds. The van der Waals surface area contributed by atoms with E-state index in [1.165, 1.54) is 37.4 Å². The van der Waals surface area contributed by atoms with Crippen LogP contribution in [0.3, 0.4) is 0 Å². The van der Waals surface area contributed by atoms with Crippen LogP contribution in [0.2, 0.25) is 0 Å². The average Bonchev–Trinajstić information content (AvgIpc) is 4.27. The molecule has 8 rings (SSSR count). The minimum absolute atomic E-state index is 0.00325. The van der Waals surface area contributed by atoms with Gasteiger partial charge in [0.15, 0.2) is 0 Å². The van der Waals surface area contributed by atoms with Crippen molar-refractivity contribution >= 4 is 45.6 Å². The number of furan rings is 2. The predicted molar refractivity (Wildman–Crippen MR) is 307 cm³/mol. The van der Waals surface area contributed by atoms with Crippen molar-refractivity contribution < 1.29 is 51.7 Å². The number of fused-ring (bicyclic) bond motifs is 2. The van der Waals surface area contributed by atoms with Gasteiger partial charge in [0.25, 0.3) is 23.6 Å². The monoisotopic (exact) mass is 1080 g/mol. The fraction of sp³-hybridized carbons (Fsp3) is 0.290. The van der Waals surface area contributed by atoms with E-state index in [0.29, 0.717) is 115 Å². The van der Waals surface area contributed by atoms with Crippen molar-refractivity contribution in [1.82, 2.24) is 31.1 Å². The van der Waals surface area contributed by atoms with Crippen LogP contribution in [0.4, 0.5) is 8.78 Å². The number of aliphatic hydroxyl groups excluding tert-OH is 1. The fourth-order valence-electron chi connectivity index (χ4n) is 8.11. The lowest BCUT2D eigenvalue weighted by Gasteiger charge is -2.16. The summed E-state index contributed by atoms with van der Waals surface area (Å²) in [4.78, 5) is 55.2. The molecule has 0 radical (unpaired) electrons. The number of phenols is 1. The summed E-state index contributed by atoms with van der Waals surface area (Å²) in [5.74, 6) is 0.0753. The number of carbonyl (C=O) groups excluding carboxylic acids is 4. The molecule has 6 aromatic carbocycles. The number of hydrogen-bond donors (Lipinski definition) is 6. The van der Waals surface area contributed by atoms with E-state index < -0.39 is 5.82 Å². The lowest BCUT2D eigenvalue weighted by molar-refractivity contribution is 0.0941. The van der Waals surface area contributed by atoms with Gasteiger partial charge >= 0.3 is 0 Å². The maximum absolute atomic E-state index is 13.6. The van der Waals surface area contributed by atoms with Crippen LogP contribution in [0.25, 0.3) is 66.8 Å². The number of hydrogen-bond acceptors (Lipinski definition) is 11. The van der Waals surface area contributed by atoms with Crippen molar-refractivity contribution in [1.29, 1.82) is 0 Å². The Kier molecular flexibility index (Phi) is 21.1. The van der Waals surface area contributed by atoms with Crippen LogP contribution in [-0.2, 0) is 0 Å². The van der Waals surface area contributed by atoms with Gasteiger partial charge in [-0.15, -0.1) is 0 Å². The summed E-state index contributed by atoms with van der Waals surface area (Å²) < 4.78 is 45.2. The highest BCUT2D eigenvalue weighted by atomic mass is 19.1. The highest BCUT2D eigenvalue weighted by molar-refractivity contribution is 6.13.